The number of benzene rings is 2. The largest absolute Gasteiger partial charge is 0.479 e. The van der Waals surface area contributed by atoms with Crippen molar-refractivity contribution in [3.8, 4) is 0 Å². The van der Waals surface area contributed by atoms with Crippen LogP contribution in [0.4, 0.5) is 5.69 Å². The minimum absolute atomic E-state index is 0.243. The molecule has 0 aromatic heterocycles. The molecule has 1 aliphatic heterocycles. The van der Waals surface area contributed by atoms with Crippen molar-refractivity contribution < 1.29 is 14.7 Å². The zero-order valence-electron chi connectivity index (χ0n) is 14.8. The Kier molecular flexibility index (Phi) is 5.62. The molecule has 1 amide bonds. The molecular formula is C20H18N2O3S2. The average Bonchev–Trinajstić information content (AvgIpc) is 2.91. The number of thioether (sulfide) groups is 1. The predicted molar refractivity (Wildman–Crippen MR) is 113 cm³/mol. The Bertz CT molecular complexity index is 909. The molecule has 0 saturated carbocycles. The third-order valence-corrected chi connectivity index (χ3v) is 5.47. The Labute approximate surface area is 167 Å². The van der Waals surface area contributed by atoms with Gasteiger partial charge in [-0.15, -0.1) is 0 Å². The average molecular weight is 399 g/mol. The van der Waals surface area contributed by atoms with Gasteiger partial charge in [0, 0.05) is 19.8 Å². The normalized spacial score (nSPS) is 16.7. The van der Waals surface area contributed by atoms with E-state index in [1.54, 1.807) is 36.4 Å². The second-order valence-electron chi connectivity index (χ2n) is 6.19. The van der Waals surface area contributed by atoms with Crippen molar-refractivity contribution in [3.63, 3.8) is 0 Å². The molecule has 138 valence electrons. The van der Waals surface area contributed by atoms with E-state index in [0.717, 1.165) is 23.0 Å². The molecule has 7 heteroatoms. The number of carboxylic acids is 1. The Morgan fingerprint density at radius 2 is 1.78 bits per heavy atom. The number of anilines is 1. The fraction of sp³-hybridized carbons (Fsp3) is 0.150. The molecule has 2 aromatic rings. The van der Waals surface area contributed by atoms with Crippen molar-refractivity contribution in [2.45, 2.75) is 6.04 Å². The van der Waals surface area contributed by atoms with Gasteiger partial charge in [0.05, 0.1) is 4.91 Å². The van der Waals surface area contributed by atoms with E-state index in [9.17, 15) is 14.7 Å². The number of hydrogen-bond donors (Lipinski definition) is 1. The van der Waals surface area contributed by atoms with Gasteiger partial charge in [-0.25, -0.2) is 4.79 Å². The first kappa shape index (κ1) is 19.1. The number of amides is 1. The number of nitrogens with zero attached hydrogens (tertiary/aromatic N) is 2. The van der Waals surface area contributed by atoms with Gasteiger partial charge in [-0.05, 0) is 29.3 Å². The van der Waals surface area contributed by atoms with Gasteiger partial charge in [0.25, 0.3) is 5.91 Å². The van der Waals surface area contributed by atoms with E-state index in [0.29, 0.717) is 10.5 Å². The lowest BCUT2D eigenvalue weighted by Crippen LogP contribution is -2.37. The predicted octanol–water partition coefficient (Wildman–Crippen LogP) is 3.78. The molecule has 0 bridgehead atoms. The zero-order valence-corrected chi connectivity index (χ0v) is 16.5. The topological polar surface area (TPSA) is 60.9 Å². The van der Waals surface area contributed by atoms with Gasteiger partial charge in [-0.3, -0.25) is 9.69 Å². The van der Waals surface area contributed by atoms with Crippen molar-refractivity contribution in [1.82, 2.24) is 4.90 Å². The van der Waals surface area contributed by atoms with Gasteiger partial charge >= 0.3 is 5.97 Å². The number of carbonyl (C=O) groups excluding carboxylic acids is 1. The third-order valence-electron chi connectivity index (χ3n) is 4.14. The number of carboxylic acid groups (broad SMARTS) is 1. The van der Waals surface area contributed by atoms with Gasteiger partial charge in [-0.1, -0.05) is 66.4 Å². The van der Waals surface area contributed by atoms with Crippen LogP contribution in [0.5, 0.6) is 0 Å². The summed E-state index contributed by atoms with van der Waals surface area (Å²) in [7, 11) is 3.91. The van der Waals surface area contributed by atoms with Crippen LogP contribution in [-0.4, -0.2) is 40.3 Å². The van der Waals surface area contributed by atoms with E-state index < -0.39 is 17.9 Å². The van der Waals surface area contributed by atoms with E-state index in [2.05, 4.69) is 0 Å². The molecule has 0 radical (unpaired) electrons. The van der Waals surface area contributed by atoms with Gasteiger partial charge in [0.1, 0.15) is 4.32 Å². The quantitative estimate of drug-likeness (QED) is 0.611. The number of aliphatic carboxylic acids is 1. The van der Waals surface area contributed by atoms with Crippen molar-refractivity contribution >= 4 is 51.9 Å². The molecule has 2 aromatic carbocycles. The minimum atomic E-state index is -1.14. The standard InChI is InChI=1S/C20H18N2O3S2/c1-21(2)15-10-8-13(9-11-15)12-16-18(23)22(20(26)27-16)17(19(24)25)14-6-4-3-5-7-14/h3-12,17H,1-2H3,(H,24,25)/b16-12+. The minimum Gasteiger partial charge on any atom is -0.479 e. The van der Waals surface area contributed by atoms with Crippen LogP contribution in [0.15, 0.2) is 59.5 Å². The van der Waals surface area contributed by atoms with Gasteiger partial charge in [-0.2, -0.15) is 0 Å². The van der Waals surface area contributed by atoms with Crippen LogP contribution in [-0.2, 0) is 9.59 Å². The Morgan fingerprint density at radius 3 is 2.33 bits per heavy atom. The summed E-state index contributed by atoms with van der Waals surface area (Å²) in [4.78, 5) is 28.3. The first-order chi connectivity index (χ1) is 12.9. The number of hydrogen-bond acceptors (Lipinski definition) is 5. The maximum atomic E-state index is 12.9. The van der Waals surface area contributed by atoms with Crippen LogP contribution in [0, 0.1) is 0 Å². The molecule has 3 rings (SSSR count). The number of thiocarbonyl (C=S) groups is 1. The lowest BCUT2D eigenvalue weighted by Gasteiger charge is -2.23. The smallest absolute Gasteiger partial charge is 0.331 e. The van der Waals surface area contributed by atoms with Crippen LogP contribution in [0.2, 0.25) is 0 Å². The summed E-state index contributed by atoms with van der Waals surface area (Å²) < 4.78 is 0.243. The van der Waals surface area contributed by atoms with Gasteiger partial charge in [0.2, 0.25) is 0 Å². The van der Waals surface area contributed by atoms with E-state index in [-0.39, 0.29) is 4.32 Å². The molecule has 1 saturated heterocycles. The first-order valence-corrected chi connectivity index (χ1v) is 9.43. The molecule has 1 unspecified atom stereocenters. The lowest BCUT2D eigenvalue weighted by atomic mass is 10.1. The molecule has 27 heavy (non-hydrogen) atoms. The van der Waals surface area contributed by atoms with Crippen LogP contribution in [0.1, 0.15) is 17.2 Å². The van der Waals surface area contributed by atoms with Crippen molar-refractivity contribution in [2.24, 2.45) is 0 Å². The molecule has 5 nitrogen and oxygen atoms in total. The van der Waals surface area contributed by atoms with E-state index in [1.165, 1.54) is 4.90 Å². The highest BCUT2D eigenvalue weighted by atomic mass is 32.2. The van der Waals surface area contributed by atoms with E-state index in [1.807, 2.05) is 43.3 Å². The monoisotopic (exact) mass is 398 g/mol. The van der Waals surface area contributed by atoms with E-state index in [4.69, 9.17) is 12.2 Å². The van der Waals surface area contributed by atoms with Crippen LogP contribution in [0.25, 0.3) is 6.08 Å². The maximum absolute atomic E-state index is 12.9. The molecule has 1 aliphatic rings. The summed E-state index contributed by atoms with van der Waals surface area (Å²) in [5.41, 5.74) is 2.42. The van der Waals surface area contributed by atoms with Crippen LogP contribution in [0.3, 0.4) is 0 Å². The van der Waals surface area contributed by atoms with Gasteiger partial charge < -0.3 is 10.0 Å². The highest BCUT2D eigenvalue weighted by Gasteiger charge is 2.41. The summed E-state index contributed by atoms with van der Waals surface area (Å²) >= 11 is 6.44. The molecule has 0 spiro atoms. The summed E-state index contributed by atoms with van der Waals surface area (Å²) in [5.74, 6) is -1.51. The van der Waals surface area contributed by atoms with Crippen molar-refractivity contribution in [2.75, 3.05) is 19.0 Å². The summed E-state index contributed by atoms with van der Waals surface area (Å²) in [6.45, 7) is 0. The molecule has 1 atom stereocenters. The molecule has 0 aliphatic carbocycles. The van der Waals surface area contributed by atoms with Gasteiger partial charge in [0.15, 0.2) is 6.04 Å². The Morgan fingerprint density at radius 1 is 1.15 bits per heavy atom. The maximum Gasteiger partial charge on any atom is 0.331 e. The molecule has 1 fully saturated rings. The summed E-state index contributed by atoms with van der Waals surface area (Å²) in [6, 6.07) is 15.2. The molecule has 1 N–H and O–H groups in total. The molecular weight excluding hydrogens is 380 g/mol. The lowest BCUT2D eigenvalue weighted by molar-refractivity contribution is -0.145. The second-order valence-corrected chi connectivity index (χ2v) is 7.86. The Hall–Kier alpha value is -2.64. The highest BCUT2D eigenvalue weighted by molar-refractivity contribution is 8.26. The number of rotatable bonds is 5. The zero-order chi connectivity index (χ0) is 19.6. The molecule has 1 heterocycles. The number of carbonyl (C=O) groups is 2. The van der Waals surface area contributed by atoms with Crippen LogP contribution < -0.4 is 4.90 Å². The van der Waals surface area contributed by atoms with E-state index >= 15 is 0 Å². The van der Waals surface area contributed by atoms with Crippen molar-refractivity contribution in [3.05, 3.63) is 70.6 Å². The second kappa shape index (κ2) is 7.94. The third kappa shape index (κ3) is 4.04. The summed E-state index contributed by atoms with van der Waals surface area (Å²) in [6.07, 6.45) is 1.74. The SMILES string of the molecule is CN(C)c1ccc(/C=C2/SC(=S)N(C(C(=O)O)c3ccccc3)C2=O)cc1. The fourth-order valence-electron chi connectivity index (χ4n) is 2.76. The fourth-order valence-corrected chi connectivity index (χ4v) is 4.07. The van der Waals surface area contributed by atoms with Crippen molar-refractivity contribution in [1.29, 1.82) is 0 Å². The summed E-state index contributed by atoms with van der Waals surface area (Å²) in [5, 5.41) is 9.69. The first-order valence-electron chi connectivity index (χ1n) is 8.20. The highest BCUT2D eigenvalue weighted by Crippen LogP contribution is 2.38. The Balaban J connectivity index is 1.91. The van der Waals surface area contributed by atoms with Crippen LogP contribution >= 0.6 is 24.0 Å².